The lowest BCUT2D eigenvalue weighted by atomic mass is 9.86. The third-order valence-corrected chi connectivity index (χ3v) is 3.57. The summed E-state index contributed by atoms with van der Waals surface area (Å²) in [6, 6.07) is 4.33. The van der Waals surface area contributed by atoms with Crippen molar-refractivity contribution in [3.05, 3.63) is 29.8 Å². The summed E-state index contributed by atoms with van der Waals surface area (Å²) >= 11 is 0. The maximum absolute atomic E-state index is 13.1. The van der Waals surface area contributed by atoms with Gasteiger partial charge in [-0.1, -0.05) is 0 Å². The molecule has 0 bridgehead atoms. The summed E-state index contributed by atoms with van der Waals surface area (Å²) in [6.45, 7) is 0. The molecule has 1 aliphatic rings. The topological polar surface area (TPSA) is 28.7 Å². The van der Waals surface area contributed by atoms with Crippen molar-refractivity contribution in [1.29, 1.82) is 0 Å². The predicted octanol–water partition coefficient (Wildman–Crippen LogP) is 3.99. The zero-order chi connectivity index (χ0) is 12.8. The summed E-state index contributed by atoms with van der Waals surface area (Å²) in [6.07, 6.45) is 0.663. The smallest absolute Gasteiger partial charge is 0.248 e. The molecule has 2 nitrogen and oxygen atoms in total. The lowest BCUT2D eigenvalue weighted by Crippen LogP contribution is -2.24. The van der Waals surface area contributed by atoms with Crippen LogP contribution < -0.4 is 0 Å². The molecule has 0 saturated heterocycles. The fourth-order valence-electron chi connectivity index (χ4n) is 2.51. The number of aromatic nitrogens is 2. The molecule has 1 N–H and O–H groups in total. The van der Waals surface area contributed by atoms with Crippen molar-refractivity contribution < 1.29 is 13.2 Å². The molecule has 0 unspecified atom stereocenters. The number of hydrogen-bond acceptors (Lipinski definition) is 1. The Kier molecular flexibility index (Phi) is 2.57. The molecule has 0 amide bonds. The summed E-state index contributed by atoms with van der Waals surface area (Å²) in [5.41, 5.74) is 1.31. The number of H-pyrrole nitrogens is 1. The summed E-state index contributed by atoms with van der Waals surface area (Å²) < 4.78 is 39.2. The first-order chi connectivity index (χ1) is 8.53. The van der Waals surface area contributed by atoms with Crippen LogP contribution in [0, 0.1) is 5.82 Å². The minimum atomic E-state index is -2.53. The lowest BCUT2D eigenvalue weighted by Gasteiger charge is -2.26. The van der Waals surface area contributed by atoms with E-state index in [9.17, 15) is 13.2 Å². The zero-order valence-corrected chi connectivity index (χ0v) is 9.72. The first kappa shape index (κ1) is 11.6. The molecule has 96 valence electrons. The number of halogens is 3. The van der Waals surface area contributed by atoms with Crippen molar-refractivity contribution in [2.24, 2.45) is 0 Å². The van der Waals surface area contributed by atoms with Crippen LogP contribution in [0.5, 0.6) is 0 Å². The number of aromatic amines is 1. The van der Waals surface area contributed by atoms with Crippen molar-refractivity contribution in [1.82, 2.24) is 9.97 Å². The molecule has 2 aromatic rings. The van der Waals surface area contributed by atoms with E-state index in [2.05, 4.69) is 9.97 Å². The van der Waals surface area contributed by atoms with E-state index < -0.39 is 5.92 Å². The summed E-state index contributed by atoms with van der Waals surface area (Å²) in [7, 11) is 0. The van der Waals surface area contributed by atoms with Gasteiger partial charge >= 0.3 is 0 Å². The standard InChI is InChI=1S/C13H13F3N2/c14-9-1-2-10-11(7-9)18-12(17-10)8-3-5-13(15,16)6-4-8/h1-2,7-8H,3-6H2,(H,17,18). The van der Waals surface area contributed by atoms with E-state index >= 15 is 0 Å². The van der Waals surface area contributed by atoms with Crippen LogP contribution in [0.25, 0.3) is 11.0 Å². The highest BCUT2D eigenvalue weighted by molar-refractivity contribution is 5.75. The van der Waals surface area contributed by atoms with Crippen LogP contribution in [0.1, 0.15) is 37.4 Å². The molecular weight excluding hydrogens is 241 g/mol. The number of nitrogens with one attached hydrogen (secondary N) is 1. The molecule has 1 saturated carbocycles. The number of fused-ring (bicyclic) bond motifs is 1. The molecule has 0 atom stereocenters. The van der Waals surface area contributed by atoms with Gasteiger partial charge in [0.25, 0.3) is 0 Å². The van der Waals surface area contributed by atoms with Crippen molar-refractivity contribution in [2.45, 2.75) is 37.5 Å². The number of hydrogen-bond donors (Lipinski definition) is 1. The SMILES string of the molecule is Fc1ccc2nc(C3CCC(F)(F)CC3)[nH]c2c1. The molecule has 0 aliphatic heterocycles. The summed E-state index contributed by atoms with van der Waals surface area (Å²) in [4.78, 5) is 7.40. The van der Waals surface area contributed by atoms with Crippen molar-refractivity contribution in [2.75, 3.05) is 0 Å². The Bertz CT molecular complexity index is 567. The van der Waals surface area contributed by atoms with Gasteiger partial charge in [-0.15, -0.1) is 0 Å². The van der Waals surface area contributed by atoms with E-state index in [-0.39, 0.29) is 24.6 Å². The Morgan fingerprint density at radius 3 is 2.67 bits per heavy atom. The van der Waals surface area contributed by atoms with Gasteiger partial charge in [0.15, 0.2) is 0 Å². The Morgan fingerprint density at radius 1 is 1.22 bits per heavy atom. The Hall–Kier alpha value is -1.52. The Balaban J connectivity index is 1.87. The van der Waals surface area contributed by atoms with E-state index in [1.807, 2.05) is 0 Å². The van der Waals surface area contributed by atoms with Crippen LogP contribution in [-0.4, -0.2) is 15.9 Å². The van der Waals surface area contributed by atoms with Crippen molar-refractivity contribution in [3.63, 3.8) is 0 Å². The monoisotopic (exact) mass is 254 g/mol. The van der Waals surface area contributed by atoms with E-state index in [1.165, 1.54) is 12.1 Å². The van der Waals surface area contributed by atoms with Gasteiger partial charge in [-0.3, -0.25) is 0 Å². The Morgan fingerprint density at radius 2 is 1.94 bits per heavy atom. The molecule has 0 spiro atoms. The number of rotatable bonds is 1. The average molecular weight is 254 g/mol. The van der Waals surface area contributed by atoms with Gasteiger partial charge < -0.3 is 4.98 Å². The van der Waals surface area contributed by atoms with Gasteiger partial charge in [0.2, 0.25) is 5.92 Å². The highest BCUT2D eigenvalue weighted by atomic mass is 19.3. The second-order valence-electron chi connectivity index (χ2n) is 4.91. The van der Waals surface area contributed by atoms with Crippen LogP contribution in [0.2, 0.25) is 0 Å². The van der Waals surface area contributed by atoms with E-state index in [0.717, 1.165) is 0 Å². The molecular formula is C13H13F3N2. The van der Waals surface area contributed by atoms with E-state index in [4.69, 9.17) is 0 Å². The summed E-state index contributed by atoms with van der Waals surface area (Å²) in [5.74, 6) is -2.13. The minimum Gasteiger partial charge on any atom is -0.342 e. The maximum atomic E-state index is 13.1. The maximum Gasteiger partial charge on any atom is 0.248 e. The second kappa shape index (κ2) is 4.00. The zero-order valence-electron chi connectivity index (χ0n) is 9.72. The Labute approximate surface area is 102 Å². The number of nitrogens with zero attached hydrogens (tertiary/aromatic N) is 1. The number of alkyl halides is 2. The molecule has 1 fully saturated rings. The largest absolute Gasteiger partial charge is 0.342 e. The fraction of sp³-hybridized carbons (Fsp3) is 0.462. The molecule has 1 aromatic heterocycles. The molecule has 1 aliphatic carbocycles. The molecule has 1 aromatic carbocycles. The molecule has 1 heterocycles. The van der Waals surface area contributed by atoms with Gasteiger partial charge in [0, 0.05) is 18.8 Å². The third kappa shape index (κ3) is 2.09. The van der Waals surface area contributed by atoms with Crippen LogP contribution in [0.3, 0.4) is 0 Å². The highest BCUT2D eigenvalue weighted by Crippen LogP contribution is 2.40. The van der Waals surface area contributed by atoms with Gasteiger partial charge in [-0.05, 0) is 31.0 Å². The quantitative estimate of drug-likeness (QED) is 0.818. The number of imidazole rings is 1. The van der Waals surface area contributed by atoms with Crippen LogP contribution in [0.15, 0.2) is 18.2 Å². The average Bonchev–Trinajstić information content (AvgIpc) is 2.71. The van der Waals surface area contributed by atoms with Crippen molar-refractivity contribution >= 4 is 11.0 Å². The van der Waals surface area contributed by atoms with Crippen molar-refractivity contribution in [3.8, 4) is 0 Å². The predicted molar refractivity (Wildman–Crippen MR) is 62.2 cm³/mol. The number of benzene rings is 1. The normalized spacial score (nSPS) is 20.4. The van der Waals surface area contributed by atoms with Gasteiger partial charge in [-0.25, -0.2) is 18.2 Å². The molecule has 3 rings (SSSR count). The fourth-order valence-corrected chi connectivity index (χ4v) is 2.51. The van der Waals surface area contributed by atoms with Crippen LogP contribution in [-0.2, 0) is 0 Å². The highest BCUT2D eigenvalue weighted by Gasteiger charge is 2.36. The molecule has 5 heteroatoms. The van der Waals surface area contributed by atoms with Crippen LogP contribution in [0.4, 0.5) is 13.2 Å². The second-order valence-corrected chi connectivity index (χ2v) is 4.91. The van der Waals surface area contributed by atoms with Gasteiger partial charge in [0.05, 0.1) is 11.0 Å². The minimum absolute atomic E-state index is 0.0279. The first-order valence-corrected chi connectivity index (χ1v) is 6.06. The lowest BCUT2D eigenvalue weighted by molar-refractivity contribution is -0.0387. The third-order valence-electron chi connectivity index (χ3n) is 3.57. The van der Waals surface area contributed by atoms with Crippen LogP contribution >= 0.6 is 0 Å². The molecule has 0 radical (unpaired) electrons. The van der Waals surface area contributed by atoms with Gasteiger partial charge in [-0.2, -0.15) is 0 Å². The first-order valence-electron chi connectivity index (χ1n) is 6.06. The molecule has 18 heavy (non-hydrogen) atoms. The van der Waals surface area contributed by atoms with E-state index in [1.54, 1.807) is 6.07 Å². The summed E-state index contributed by atoms with van der Waals surface area (Å²) in [5, 5.41) is 0. The van der Waals surface area contributed by atoms with Gasteiger partial charge in [0.1, 0.15) is 11.6 Å². The van der Waals surface area contributed by atoms with E-state index in [0.29, 0.717) is 29.7 Å².